The van der Waals surface area contributed by atoms with Gasteiger partial charge < -0.3 is 9.64 Å². The standard InChI is InChI=1S/C16H20F3NO2/c1-22-15(21)13(11-20-9-5-2-6-10-20)12-7-3-4-8-14(12)16(17,18)19/h3-4,7-8,13H,2,5-6,9-11H2,1H3. The zero-order valence-electron chi connectivity index (χ0n) is 12.5. The molecule has 0 aliphatic carbocycles. The van der Waals surface area contributed by atoms with E-state index in [4.69, 9.17) is 4.74 Å². The molecule has 0 N–H and O–H groups in total. The van der Waals surface area contributed by atoms with Crippen LogP contribution in [0.4, 0.5) is 13.2 Å². The number of likely N-dealkylation sites (tertiary alicyclic amines) is 1. The average molecular weight is 315 g/mol. The van der Waals surface area contributed by atoms with Crippen LogP contribution in [0.5, 0.6) is 0 Å². The molecule has 2 rings (SSSR count). The monoisotopic (exact) mass is 315 g/mol. The molecule has 1 aromatic carbocycles. The van der Waals surface area contributed by atoms with E-state index in [1.807, 2.05) is 4.90 Å². The zero-order valence-corrected chi connectivity index (χ0v) is 12.5. The van der Waals surface area contributed by atoms with E-state index in [9.17, 15) is 18.0 Å². The van der Waals surface area contributed by atoms with Crippen molar-refractivity contribution in [1.29, 1.82) is 0 Å². The van der Waals surface area contributed by atoms with Crippen LogP contribution < -0.4 is 0 Å². The van der Waals surface area contributed by atoms with Gasteiger partial charge in [0, 0.05) is 6.54 Å². The lowest BCUT2D eigenvalue weighted by Crippen LogP contribution is -2.36. The molecule has 0 amide bonds. The number of carbonyl (C=O) groups is 1. The van der Waals surface area contributed by atoms with Gasteiger partial charge >= 0.3 is 12.1 Å². The Hall–Kier alpha value is -1.56. The third-order valence-electron chi connectivity index (χ3n) is 4.02. The molecule has 1 atom stereocenters. The third-order valence-corrected chi connectivity index (χ3v) is 4.02. The van der Waals surface area contributed by atoms with Crippen LogP contribution in [0, 0.1) is 0 Å². The number of nitrogens with zero attached hydrogens (tertiary/aromatic N) is 1. The van der Waals surface area contributed by atoms with E-state index in [1.165, 1.54) is 25.3 Å². The van der Waals surface area contributed by atoms with Gasteiger partial charge in [-0.05, 0) is 37.6 Å². The molecule has 0 radical (unpaired) electrons. The Kier molecular flexibility index (Phi) is 5.45. The Labute approximate surface area is 128 Å². The van der Waals surface area contributed by atoms with Crippen molar-refractivity contribution in [2.75, 3.05) is 26.7 Å². The first-order chi connectivity index (χ1) is 10.4. The lowest BCUT2D eigenvalue weighted by molar-refractivity contribution is -0.144. The van der Waals surface area contributed by atoms with Crippen molar-refractivity contribution in [3.05, 3.63) is 35.4 Å². The molecule has 1 heterocycles. The van der Waals surface area contributed by atoms with Gasteiger partial charge in [0.25, 0.3) is 0 Å². The normalized spacial score (nSPS) is 18.0. The second kappa shape index (κ2) is 7.13. The van der Waals surface area contributed by atoms with E-state index < -0.39 is 23.6 Å². The van der Waals surface area contributed by atoms with E-state index in [-0.39, 0.29) is 12.1 Å². The summed E-state index contributed by atoms with van der Waals surface area (Å²) in [5, 5.41) is 0. The fraction of sp³-hybridized carbons (Fsp3) is 0.562. The van der Waals surface area contributed by atoms with Gasteiger partial charge in [-0.2, -0.15) is 13.2 Å². The zero-order chi connectivity index (χ0) is 16.2. The summed E-state index contributed by atoms with van der Waals surface area (Å²) in [5.74, 6) is -1.54. The number of benzene rings is 1. The average Bonchev–Trinajstić information content (AvgIpc) is 2.52. The van der Waals surface area contributed by atoms with Gasteiger partial charge in [0.05, 0.1) is 18.6 Å². The first-order valence-electron chi connectivity index (χ1n) is 7.40. The van der Waals surface area contributed by atoms with Crippen molar-refractivity contribution in [2.24, 2.45) is 0 Å². The van der Waals surface area contributed by atoms with Crippen LogP contribution in [-0.4, -0.2) is 37.6 Å². The summed E-state index contributed by atoms with van der Waals surface area (Å²) in [6, 6.07) is 5.24. The number of ether oxygens (including phenoxy) is 1. The molecule has 6 heteroatoms. The number of esters is 1. The molecule has 0 saturated carbocycles. The minimum Gasteiger partial charge on any atom is -0.469 e. The van der Waals surface area contributed by atoms with Crippen LogP contribution in [0.25, 0.3) is 0 Å². The Morgan fingerprint density at radius 3 is 2.45 bits per heavy atom. The van der Waals surface area contributed by atoms with Crippen LogP contribution >= 0.6 is 0 Å². The maximum Gasteiger partial charge on any atom is 0.416 e. The molecular formula is C16H20F3NO2. The van der Waals surface area contributed by atoms with Crippen LogP contribution in [0.2, 0.25) is 0 Å². The predicted octanol–water partition coefficient (Wildman–Crippen LogP) is 3.45. The van der Waals surface area contributed by atoms with Crippen molar-refractivity contribution in [3.63, 3.8) is 0 Å². The topological polar surface area (TPSA) is 29.5 Å². The molecule has 1 aromatic rings. The van der Waals surface area contributed by atoms with Crippen molar-refractivity contribution >= 4 is 5.97 Å². The minimum atomic E-state index is -4.48. The number of rotatable bonds is 4. The molecule has 0 spiro atoms. The number of halogens is 3. The number of hydrogen-bond donors (Lipinski definition) is 0. The van der Waals surface area contributed by atoms with E-state index in [2.05, 4.69) is 0 Å². The van der Waals surface area contributed by atoms with Gasteiger partial charge in [-0.1, -0.05) is 24.6 Å². The van der Waals surface area contributed by atoms with Gasteiger partial charge in [0.2, 0.25) is 0 Å². The Balaban J connectivity index is 2.31. The van der Waals surface area contributed by atoms with Crippen LogP contribution in [0.15, 0.2) is 24.3 Å². The quantitative estimate of drug-likeness (QED) is 0.797. The van der Waals surface area contributed by atoms with E-state index in [0.29, 0.717) is 0 Å². The summed E-state index contributed by atoms with van der Waals surface area (Å²) in [6.07, 6.45) is -1.34. The van der Waals surface area contributed by atoms with Gasteiger partial charge in [0.1, 0.15) is 0 Å². The highest BCUT2D eigenvalue weighted by Crippen LogP contribution is 2.36. The van der Waals surface area contributed by atoms with E-state index >= 15 is 0 Å². The molecule has 1 aliphatic heterocycles. The molecular weight excluding hydrogens is 295 g/mol. The van der Waals surface area contributed by atoms with Crippen molar-refractivity contribution in [1.82, 2.24) is 4.90 Å². The summed E-state index contributed by atoms with van der Waals surface area (Å²) in [5.41, 5.74) is -0.769. The van der Waals surface area contributed by atoms with Crippen LogP contribution in [0.3, 0.4) is 0 Å². The van der Waals surface area contributed by atoms with Gasteiger partial charge in [-0.15, -0.1) is 0 Å². The minimum absolute atomic E-state index is 0.00702. The van der Waals surface area contributed by atoms with Crippen LogP contribution in [-0.2, 0) is 15.7 Å². The second-order valence-electron chi connectivity index (χ2n) is 5.52. The van der Waals surface area contributed by atoms with Crippen molar-refractivity contribution < 1.29 is 22.7 Å². The van der Waals surface area contributed by atoms with Crippen LogP contribution in [0.1, 0.15) is 36.3 Å². The van der Waals surface area contributed by atoms with Gasteiger partial charge in [0.15, 0.2) is 0 Å². The van der Waals surface area contributed by atoms with Gasteiger partial charge in [-0.3, -0.25) is 4.79 Å². The highest BCUT2D eigenvalue weighted by Gasteiger charge is 2.37. The summed E-state index contributed by atoms with van der Waals surface area (Å²) in [7, 11) is 1.21. The molecule has 1 fully saturated rings. The summed E-state index contributed by atoms with van der Waals surface area (Å²) >= 11 is 0. The lowest BCUT2D eigenvalue weighted by atomic mass is 9.92. The number of piperidine rings is 1. The summed E-state index contributed by atoms with van der Waals surface area (Å²) in [4.78, 5) is 14.1. The van der Waals surface area contributed by atoms with Crippen molar-refractivity contribution in [3.8, 4) is 0 Å². The number of methoxy groups -OCH3 is 1. The molecule has 1 saturated heterocycles. The molecule has 0 aromatic heterocycles. The maximum atomic E-state index is 13.2. The SMILES string of the molecule is COC(=O)C(CN1CCCCC1)c1ccccc1C(F)(F)F. The molecule has 122 valence electrons. The van der Waals surface area contributed by atoms with Gasteiger partial charge in [-0.25, -0.2) is 0 Å². The Bertz CT molecular complexity index is 510. The number of alkyl halides is 3. The predicted molar refractivity (Wildman–Crippen MR) is 76.5 cm³/mol. The smallest absolute Gasteiger partial charge is 0.416 e. The number of carbonyl (C=O) groups excluding carboxylic acids is 1. The first kappa shape index (κ1) is 16.8. The van der Waals surface area contributed by atoms with E-state index in [0.717, 1.165) is 38.4 Å². The third kappa shape index (κ3) is 4.00. The second-order valence-corrected chi connectivity index (χ2v) is 5.52. The lowest BCUT2D eigenvalue weighted by Gasteiger charge is -2.30. The summed E-state index contributed by atoms with van der Waals surface area (Å²) in [6.45, 7) is 1.88. The highest BCUT2D eigenvalue weighted by atomic mass is 19.4. The fourth-order valence-corrected chi connectivity index (χ4v) is 2.90. The number of hydrogen-bond acceptors (Lipinski definition) is 3. The summed E-state index contributed by atoms with van der Waals surface area (Å²) < 4.78 is 44.3. The first-order valence-corrected chi connectivity index (χ1v) is 7.40. The molecule has 22 heavy (non-hydrogen) atoms. The van der Waals surface area contributed by atoms with Crippen molar-refractivity contribution in [2.45, 2.75) is 31.4 Å². The maximum absolute atomic E-state index is 13.2. The molecule has 0 bridgehead atoms. The largest absolute Gasteiger partial charge is 0.469 e. The fourth-order valence-electron chi connectivity index (χ4n) is 2.90. The Morgan fingerprint density at radius 2 is 1.86 bits per heavy atom. The van der Waals surface area contributed by atoms with E-state index in [1.54, 1.807) is 0 Å². The molecule has 3 nitrogen and oxygen atoms in total. The highest BCUT2D eigenvalue weighted by molar-refractivity contribution is 5.79. The molecule has 1 aliphatic rings. The Morgan fingerprint density at radius 1 is 1.23 bits per heavy atom. The molecule has 1 unspecified atom stereocenters.